The van der Waals surface area contributed by atoms with Crippen LogP contribution in [-0.4, -0.2) is 14.7 Å². The third-order valence-corrected chi connectivity index (χ3v) is 1.96. The lowest BCUT2D eigenvalue weighted by molar-refractivity contribution is 0.540. The van der Waals surface area contributed by atoms with Crippen molar-refractivity contribution in [2.45, 2.75) is 0 Å². The summed E-state index contributed by atoms with van der Waals surface area (Å²) >= 11 is 5.06. The van der Waals surface area contributed by atoms with Gasteiger partial charge in [0, 0.05) is 12.4 Å². The van der Waals surface area contributed by atoms with Gasteiger partial charge in [0.15, 0.2) is 0 Å². The van der Waals surface area contributed by atoms with Gasteiger partial charge in [0.25, 0.3) is 5.17 Å². The number of ether oxygens (including phenoxy) is 1. The molecule has 14 heavy (non-hydrogen) atoms. The number of hydrogen-bond donors (Lipinski definition) is 0. The van der Waals surface area contributed by atoms with Crippen LogP contribution in [0, 0.1) is 0 Å². The van der Waals surface area contributed by atoms with Crippen molar-refractivity contribution < 1.29 is 4.74 Å². The largest absolute Gasteiger partial charge is 0.431 e. The van der Waals surface area contributed by atoms with E-state index in [0.29, 0.717) is 5.17 Å². The van der Waals surface area contributed by atoms with Gasteiger partial charge in [-0.25, -0.2) is 4.98 Å². The SMILES string of the molecule is S=C(Oc1ccccc1)n1ccnc1. The van der Waals surface area contributed by atoms with Crippen molar-refractivity contribution in [2.24, 2.45) is 0 Å². The Morgan fingerprint density at radius 1 is 1.29 bits per heavy atom. The summed E-state index contributed by atoms with van der Waals surface area (Å²) in [5, 5.41) is 0.369. The summed E-state index contributed by atoms with van der Waals surface area (Å²) < 4.78 is 7.05. The zero-order valence-corrected chi connectivity index (χ0v) is 8.15. The zero-order valence-electron chi connectivity index (χ0n) is 7.33. The molecule has 2 aromatic rings. The highest BCUT2D eigenvalue weighted by molar-refractivity contribution is 7.80. The predicted molar refractivity (Wildman–Crippen MR) is 57.3 cm³/mol. The van der Waals surface area contributed by atoms with Crippen molar-refractivity contribution in [2.75, 3.05) is 0 Å². The lowest BCUT2D eigenvalue weighted by Gasteiger charge is -2.05. The number of imidazole rings is 1. The summed E-state index contributed by atoms with van der Waals surface area (Å²) in [4.78, 5) is 3.88. The van der Waals surface area contributed by atoms with E-state index in [-0.39, 0.29) is 0 Å². The van der Waals surface area contributed by atoms with Crippen molar-refractivity contribution in [1.82, 2.24) is 9.55 Å². The Balaban J connectivity index is 2.10. The minimum atomic E-state index is 0.369. The highest BCUT2D eigenvalue weighted by Gasteiger charge is 2.00. The summed E-state index contributed by atoms with van der Waals surface area (Å²) in [5.41, 5.74) is 0. The monoisotopic (exact) mass is 204 g/mol. The van der Waals surface area contributed by atoms with Gasteiger partial charge in [-0.05, 0) is 24.4 Å². The summed E-state index contributed by atoms with van der Waals surface area (Å²) in [7, 11) is 0. The molecule has 0 bridgehead atoms. The molecule has 1 aromatic carbocycles. The molecule has 0 aliphatic heterocycles. The molecular weight excluding hydrogens is 196 g/mol. The lowest BCUT2D eigenvalue weighted by Crippen LogP contribution is -2.14. The maximum atomic E-state index is 5.41. The van der Waals surface area contributed by atoms with Crippen molar-refractivity contribution in [1.29, 1.82) is 0 Å². The molecule has 0 aliphatic rings. The molecule has 0 amide bonds. The molecule has 0 fully saturated rings. The fraction of sp³-hybridized carbons (Fsp3) is 0. The molecule has 4 heteroatoms. The number of hydrogen-bond acceptors (Lipinski definition) is 3. The highest BCUT2D eigenvalue weighted by Crippen LogP contribution is 2.09. The number of benzene rings is 1. The first-order valence-electron chi connectivity index (χ1n) is 4.11. The minimum absolute atomic E-state index is 0.369. The topological polar surface area (TPSA) is 27.1 Å². The average molecular weight is 204 g/mol. The van der Waals surface area contributed by atoms with Crippen LogP contribution in [0.1, 0.15) is 0 Å². The van der Waals surface area contributed by atoms with Gasteiger partial charge in [-0.1, -0.05) is 18.2 Å². The molecule has 3 nitrogen and oxygen atoms in total. The lowest BCUT2D eigenvalue weighted by atomic mass is 10.3. The van der Waals surface area contributed by atoms with Gasteiger partial charge in [-0.15, -0.1) is 0 Å². The molecule has 0 atom stereocenters. The molecule has 0 saturated carbocycles. The third-order valence-electron chi connectivity index (χ3n) is 1.66. The van der Waals surface area contributed by atoms with Crippen LogP contribution in [0.2, 0.25) is 0 Å². The molecule has 0 aliphatic carbocycles. The number of rotatable bonds is 1. The van der Waals surface area contributed by atoms with Crippen LogP contribution < -0.4 is 4.74 Å². The molecule has 0 unspecified atom stereocenters. The zero-order chi connectivity index (χ0) is 9.80. The van der Waals surface area contributed by atoms with Crippen LogP contribution in [-0.2, 0) is 0 Å². The molecule has 0 spiro atoms. The van der Waals surface area contributed by atoms with Crippen LogP contribution >= 0.6 is 12.2 Å². The number of aromatic nitrogens is 2. The van der Waals surface area contributed by atoms with Gasteiger partial charge in [-0.3, -0.25) is 4.57 Å². The van der Waals surface area contributed by atoms with Gasteiger partial charge < -0.3 is 4.74 Å². The Hall–Kier alpha value is -1.68. The Morgan fingerprint density at radius 3 is 2.71 bits per heavy atom. The van der Waals surface area contributed by atoms with Gasteiger partial charge >= 0.3 is 0 Å². The van der Waals surface area contributed by atoms with E-state index in [1.54, 1.807) is 23.3 Å². The molecule has 0 radical (unpaired) electrons. The fourth-order valence-electron chi connectivity index (χ4n) is 1.01. The Morgan fingerprint density at radius 2 is 2.07 bits per heavy atom. The molecule has 0 N–H and O–H groups in total. The first-order valence-corrected chi connectivity index (χ1v) is 4.52. The van der Waals surface area contributed by atoms with Gasteiger partial charge in [-0.2, -0.15) is 0 Å². The first-order chi connectivity index (χ1) is 6.86. The summed E-state index contributed by atoms with van der Waals surface area (Å²) in [6.07, 6.45) is 5.00. The molecule has 1 aromatic heterocycles. The Kier molecular flexibility index (Phi) is 2.55. The summed E-state index contributed by atoms with van der Waals surface area (Å²) in [6.45, 7) is 0. The second kappa shape index (κ2) is 4.02. The molecular formula is C10H8N2OS. The maximum Gasteiger partial charge on any atom is 0.274 e. The average Bonchev–Trinajstić information content (AvgIpc) is 2.72. The van der Waals surface area contributed by atoms with E-state index in [9.17, 15) is 0 Å². The molecule has 2 rings (SSSR count). The summed E-state index contributed by atoms with van der Waals surface area (Å²) in [5.74, 6) is 0.728. The fourth-order valence-corrected chi connectivity index (χ4v) is 1.21. The maximum absolute atomic E-state index is 5.41. The first kappa shape index (κ1) is 8.90. The van der Waals surface area contributed by atoms with Crippen molar-refractivity contribution in [3.05, 3.63) is 49.1 Å². The van der Waals surface area contributed by atoms with Crippen LogP contribution in [0.5, 0.6) is 5.75 Å². The van der Waals surface area contributed by atoms with Crippen LogP contribution in [0.3, 0.4) is 0 Å². The Labute approximate surface area is 87.0 Å². The normalized spacial score (nSPS) is 9.71. The van der Waals surface area contributed by atoms with Crippen LogP contribution in [0.4, 0.5) is 0 Å². The van der Waals surface area contributed by atoms with E-state index in [1.165, 1.54) is 0 Å². The highest BCUT2D eigenvalue weighted by atomic mass is 32.1. The quantitative estimate of drug-likeness (QED) is 0.665. The Bertz CT molecular complexity index is 411. The van der Waals surface area contributed by atoms with Gasteiger partial charge in [0.2, 0.25) is 0 Å². The van der Waals surface area contributed by atoms with E-state index in [2.05, 4.69) is 4.98 Å². The minimum Gasteiger partial charge on any atom is -0.431 e. The number of thiocarbonyl (C=S) groups is 1. The van der Waals surface area contributed by atoms with Gasteiger partial charge in [0.1, 0.15) is 12.1 Å². The van der Waals surface area contributed by atoms with Crippen LogP contribution in [0.15, 0.2) is 49.1 Å². The third kappa shape index (κ3) is 1.97. The van der Waals surface area contributed by atoms with Crippen molar-refractivity contribution in [3.63, 3.8) is 0 Å². The van der Waals surface area contributed by atoms with Gasteiger partial charge in [0.05, 0.1) is 0 Å². The second-order valence-corrected chi connectivity index (χ2v) is 3.00. The van der Waals surface area contributed by atoms with Crippen molar-refractivity contribution >= 4 is 17.4 Å². The van der Waals surface area contributed by atoms with Crippen LogP contribution in [0.25, 0.3) is 0 Å². The predicted octanol–water partition coefficient (Wildman–Crippen LogP) is 2.10. The van der Waals surface area contributed by atoms with E-state index in [4.69, 9.17) is 17.0 Å². The molecule has 70 valence electrons. The summed E-state index contributed by atoms with van der Waals surface area (Å²) in [6, 6.07) is 9.41. The van der Waals surface area contributed by atoms with E-state index in [1.807, 2.05) is 30.3 Å². The van der Waals surface area contributed by atoms with E-state index >= 15 is 0 Å². The van der Waals surface area contributed by atoms with E-state index in [0.717, 1.165) is 5.75 Å². The molecule has 0 saturated heterocycles. The van der Waals surface area contributed by atoms with Crippen molar-refractivity contribution in [3.8, 4) is 5.75 Å². The number of para-hydroxylation sites is 1. The smallest absolute Gasteiger partial charge is 0.274 e. The molecule has 1 heterocycles. The number of nitrogens with zero attached hydrogens (tertiary/aromatic N) is 2. The second-order valence-electron chi connectivity index (χ2n) is 2.65. The standard InChI is InChI=1S/C10H8N2OS/c14-10(12-7-6-11-8-12)13-9-4-2-1-3-5-9/h1-8H. The van der Waals surface area contributed by atoms with E-state index < -0.39 is 0 Å².